The molecule has 18 heavy (non-hydrogen) atoms. The average molecular weight is 251 g/mol. The van der Waals surface area contributed by atoms with Crippen LogP contribution < -0.4 is 10.6 Å². The van der Waals surface area contributed by atoms with Crippen LogP contribution in [0.3, 0.4) is 0 Å². The van der Waals surface area contributed by atoms with Gasteiger partial charge in [0.2, 0.25) is 5.91 Å². The Balaban J connectivity index is 2.46. The maximum atomic E-state index is 11.4. The molecule has 0 saturated heterocycles. The monoisotopic (exact) mass is 251 g/mol. The van der Waals surface area contributed by atoms with Gasteiger partial charge in [-0.05, 0) is 5.56 Å². The molecule has 98 valence electrons. The number of carbonyl (C=O) groups excluding carboxylic acids is 1. The summed E-state index contributed by atoms with van der Waals surface area (Å²) < 4.78 is 0. The first kappa shape index (κ1) is 14.1. The Morgan fingerprint density at radius 3 is 2.78 bits per heavy atom. The van der Waals surface area contributed by atoms with Crippen LogP contribution >= 0.6 is 0 Å². The van der Waals surface area contributed by atoms with E-state index in [-0.39, 0.29) is 24.2 Å². The molecule has 1 rings (SSSR count). The Labute approximate surface area is 106 Å². The summed E-state index contributed by atoms with van der Waals surface area (Å²) in [6, 6.07) is 6.46. The fraction of sp³-hybridized carbons (Fsp3) is 0.417. The van der Waals surface area contributed by atoms with E-state index in [1.165, 1.54) is 12.1 Å². The number of nitrogens with zero attached hydrogens (tertiary/aromatic N) is 1. The predicted octanol–water partition coefficient (Wildman–Crippen LogP) is 1.21. The molecule has 0 bridgehead atoms. The Morgan fingerprint density at radius 2 is 2.17 bits per heavy atom. The maximum Gasteiger partial charge on any atom is 0.269 e. The zero-order chi connectivity index (χ0) is 13.5. The molecule has 0 spiro atoms. The summed E-state index contributed by atoms with van der Waals surface area (Å²) in [5.74, 6) is -0.129. The normalized spacial score (nSPS) is 10.4. The minimum atomic E-state index is -0.453. The van der Waals surface area contributed by atoms with Crippen molar-refractivity contribution in [2.75, 3.05) is 6.54 Å². The molecule has 1 amide bonds. The van der Waals surface area contributed by atoms with E-state index in [2.05, 4.69) is 10.6 Å². The number of carbonyl (C=O) groups is 1. The van der Waals surface area contributed by atoms with Gasteiger partial charge in [0.15, 0.2) is 0 Å². The first-order chi connectivity index (χ1) is 8.49. The zero-order valence-electron chi connectivity index (χ0n) is 10.5. The predicted molar refractivity (Wildman–Crippen MR) is 68.1 cm³/mol. The van der Waals surface area contributed by atoms with Gasteiger partial charge in [0, 0.05) is 24.7 Å². The van der Waals surface area contributed by atoms with E-state index in [0.717, 1.165) is 0 Å². The lowest BCUT2D eigenvalue weighted by atomic mass is 10.2. The number of nitrogens with one attached hydrogen (secondary N) is 2. The number of benzene rings is 1. The largest absolute Gasteiger partial charge is 0.351 e. The molecule has 0 radical (unpaired) electrons. The van der Waals surface area contributed by atoms with Crippen molar-refractivity contribution in [3.05, 3.63) is 39.9 Å². The van der Waals surface area contributed by atoms with Crippen LogP contribution in [0, 0.1) is 10.1 Å². The molecule has 1 aromatic carbocycles. The Hall–Kier alpha value is -1.95. The van der Waals surface area contributed by atoms with Crippen molar-refractivity contribution in [1.82, 2.24) is 10.6 Å². The highest BCUT2D eigenvalue weighted by Gasteiger charge is 2.06. The zero-order valence-corrected chi connectivity index (χ0v) is 10.5. The van der Waals surface area contributed by atoms with Gasteiger partial charge in [0.05, 0.1) is 11.5 Å². The fourth-order valence-electron chi connectivity index (χ4n) is 1.34. The van der Waals surface area contributed by atoms with Gasteiger partial charge in [-0.1, -0.05) is 26.0 Å². The molecule has 0 atom stereocenters. The SMILES string of the molecule is CC(C)NCC(=O)NCc1cccc([N+](=O)[O-])c1. The van der Waals surface area contributed by atoms with Gasteiger partial charge in [-0.25, -0.2) is 0 Å². The van der Waals surface area contributed by atoms with E-state index in [9.17, 15) is 14.9 Å². The summed E-state index contributed by atoms with van der Waals surface area (Å²) in [6.45, 7) is 4.44. The maximum absolute atomic E-state index is 11.4. The van der Waals surface area contributed by atoms with Gasteiger partial charge in [0.1, 0.15) is 0 Å². The van der Waals surface area contributed by atoms with Crippen molar-refractivity contribution in [1.29, 1.82) is 0 Å². The summed E-state index contributed by atoms with van der Waals surface area (Å²) >= 11 is 0. The molecule has 2 N–H and O–H groups in total. The van der Waals surface area contributed by atoms with Crippen molar-refractivity contribution >= 4 is 11.6 Å². The van der Waals surface area contributed by atoms with Crippen LogP contribution in [0.4, 0.5) is 5.69 Å². The second-order valence-corrected chi connectivity index (χ2v) is 4.24. The van der Waals surface area contributed by atoms with Gasteiger partial charge in [-0.2, -0.15) is 0 Å². The van der Waals surface area contributed by atoms with Crippen LogP contribution in [0.5, 0.6) is 0 Å². The summed E-state index contributed by atoms with van der Waals surface area (Å²) in [4.78, 5) is 21.6. The van der Waals surface area contributed by atoms with Crippen molar-refractivity contribution in [3.63, 3.8) is 0 Å². The number of hydrogen-bond donors (Lipinski definition) is 2. The first-order valence-electron chi connectivity index (χ1n) is 5.72. The van der Waals surface area contributed by atoms with Crippen LogP contribution in [0.1, 0.15) is 19.4 Å². The topological polar surface area (TPSA) is 84.3 Å². The van der Waals surface area contributed by atoms with Crippen LogP contribution in [0.25, 0.3) is 0 Å². The Bertz CT molecular complexity index is 432. The number of nitro groups is 1. The van der Waals surface area contributed by atoms with E-state index in [0.29, 0.717) is 12.1 Å². The second-order valence-electron chi connectivity index (χ2n) is 4.24. The molecule has 0 heterocycles. The molecule has 6 heteroatoms. The van der Waals surface area contributed by atoms with Crippen molar-refractivity contribution < 1.29 is 9.72 Å². The number of amides is 1. The molecule has 1 aromatic rings. The van der Waals surface area contributed by atoms with E-state index in [1.54, 1.807) is 12.1 Å². The highest BCUT2D eigenvalue weighted by molar-refractivity contribution is 5.78. The van der Waals surface area contributed by atoms with E-state index >= 15 is 0 Å². The molecule has 0 aliphatic rings. The minimum Gasteiger partial charge on any atom is -0.351 e. The molecular weight excluding hydrogens is 234 g/mol. The smallest absolute Gasteiger partial charge is 0.269 e. The van der Waals surface area contributed by atoms with Gasteiger partial charge < -0.3 is 10.6 Å². The Kier molecular flexibility index (Phi) is 5.26. The lowest BCUT2D eigenvalue weighted by Crippen LogP contribution is -2.36. The summed E-state index contributed by atoms with van der Waals surface area (Å²) in [5, 5.41) is 16.3. The van der Waals surface area contributed by atoms with Crippen LogP contribution in [-0.2, 0) is 11.3 Å². The molecule has 0 unspecified atom stereocenters. The van der Waals surface area contributed by atoms with Crippen molar-refractivity contribution in [3.8, 4) is 0 Å². The van der Waals surface area contributed by atoms with Gasteiger partial charge in [0.25, 0.3) is 5.69 Å². The lowest BCUT2D eigenvalue weighted by Gasteiger charge is -2.08. The fourth-order valence-corrected chi connectivity index (χ4v) is 1.34. The van der Waals surface area contributed by atoms with Gasteiger partial charge >= 0.3 is 0 Å². The number of nitro benzene ring substituents is 1. The van der Waals surface area contributed by atoms with Crippen LogP contribution in [-0.4, -0.2) is 23.4 Å². The van der Waals surface area contributed by atoms with E-state index in [4.69, 9.17) is 0 Å². The van der Waals surface area contributed by atoms with Gasteiger partial charge in [-0.3, -0.25) is 14.9 Å². The standard InChI is InChI=1S/C12H17N3O3/c1-9(2)13-8-12(16)14-7-10-4-3-5-11(6-10)15(17)18/h3-6,9,13H,7-8H2,1-2H3,(H,14,16). The summed E-state index contributed by atoms with van der Waals surface area (Å²) in [6.07, 6.45) is 0. The highest BCUT2D eigenvalue weighted by Crippen LogP contribution is 2.12. The molecule has 0 aliphatic carbocycles. The van der Waals surface area contributed by atoms with E-state index < -0.39 is 4.92 Å². The molecule has 0 fully saturated rings. The minimum absolute atomic E-state index is 0.0297. The molecule has 0 aromatic heterocycles. The molecule has 0 aliphatic heterocycles. The number of non-ortho nitro benzene ring substituents is 1. The van der Waals surface area contributed by atoms with Crippen LogP contribution in [0.15, 0.2) is 24.3 Å². The first-order valence-corrected chi connectivity index (χ1v) is 5.72. The summed E-state index contributed by atoms with van der Waals surface area (Å²) in [7, 11) is 0. The second kappa shape index (κ2) is 6.70. The molecule has 0 saturated carbocycles. The highest BCUT2D eigenvalue weighted by atomic mass is 16.6. The number of rotatable bonds is 6. The van der Waals surface area contributed by atoms with Crippen LogP contribution in [0.2, 0.25) is 0 Å². The average Bonchev–Trinajstić information content (AvgIpc) is 2.34. The third kappa shape index (κ3) is 4.92. The number of hydrogen-bond acceptors (Lipinski definition) is 4. The summed E-state index contributed by atoms with van der Waals surface area (Å²) in [5.41, 5.74) is 0.740. The molecular formula is C12H17N3O3. The van der Waals surface area contributed by atoms with Crippen molar-refractivity contribution in [2.24, 2.45) is 0 Å². The molecule has 6 nitrogen and oxygen atoms in total. The Morgan fingerprint density at radius 1 is 1.44 bits per heavy atom. The van der Waals surface area contributed by atoms with Gasteiger partial charge in [-0.15, -0.1) is 0 Å². The lowest BCUT2D eigenvalue weighted by molar-refractivity contribution is -0.384. The third-order valence-corrected chi connectivity index (χ3v) is 2.28. The quantitative estimate of drug-likeness (QED) is 0.588. The van der Waals surface area contributed by atoms with E-state index in [1.807, 2.05) is 13.8 Å². The van der Waals surface area contributed by atoms with Crippen molar-refractivity contribution in [2.45, 2.75) is 26.4 Å². The third-order valence-electron chi connectivity index (χ3n) is 2.28.